The molecule has 2 aromatic carbocycles. The molecule has 0 bridgehead atoms. The van der Waals surface area contributed by atoms with E-state index in [1.54, 1.807) is 42.5 Å². The second-order valence-electron chi connectivity index (χ2n) is 7.03. The lowest BCUT2D eigenvalue weighted by atomic mass is 10.1. The van der Waals surface area contributed by atoms with Gasteiger partial charge in [-0.1, -0.05) is 17.7 Å². The molecule has 0 radical (unpaired) electrons. The van der Waals surface area contributed by atoms with E-state index in [9.17, 15) is 13.2 Å². The van der Waals surface area contributed by atoms with Gasteiger partial charge in [0.05, 0.1) is 4.90 Å². The molecule has 0 aromatic heterocycles. The highest BCUT2D eigenvalue weighted by atomic mass is 32.2. The van der Waals surface area contributed by atoms with Crippen molar-refractivity contribution in [1.29, 1.82) is 0 Å². The van der Waals surface area contributed by atoms with E-state index in [2.05, 4.69) is 5.32 Å². The molecule has 1 saturated heterocycles. The third-order valence-corrected chi connectivity index (χ3v) is 7.00. The van der Waals surface area contributed by atoms with Crippen molar-refractivity contribution in [3.63, 3.8) is 0 Å². The number of fused-ring (bicyclic) bond motifs is 1. The first-order chi connectivity index (χ1) is 13.4. The van der Waals surface area contributed by atoms with Gasteiger partial charge in [0.15, 0.2) is 11.5 Å². The first-order valence-corrected chi connectivity index (χ1v) is 10.6. The topological polar surface area (TPSA) is 84.9 Å². The lowest BCUT2D eigenvalue weighted by Crippen LogP contribution is -2.46. The minimum atomic E-state index is -3.50. The van der Waals surface area contributed by atoms with Gasteiger partial charge >= 0.3 is 0 Å². The zero-order valence-corrected chi connectivity index (χ0v) is 16.4. The molecule has 1 amide bonds. The Morgan fingerprint density at radius 1 is 1.04 bits per heavy atom. The predicted molar refractivity (Wildman–Crippen MR) is 103 cm³/mol. The van der Waals surface area contributed by atoms with Crippen LogP contribution in [-0.4, -0.2) is 44.6 Å². The maximum Gasteiger partial charge on any atom is 0.251 e. The largest absolute Gasteiger partial charge is 0.454 e. The van der Waals surface area contributed by atoms with Crippen LogP contribution < -0.4 is 14.8 Å². The molecule has 2 aromatic rings. The molecule has 0 atom stereocenters. The first-order valence-electron chi connectivity index (χ1n) is 9.21. The fourth-order valence-corrected chi connectivity index (χ4v) is 4.88. The molecule has 7 nitrogen and oxygen atoms in total. The summed E-state index contributed by atoms with van der Waals surface area (Å²) < 4.78 is 37.6. The second kappa shape index (κ2) is 7.44. The molecular formula is C20H22N2O5S. The van der Waals surface area contributed by atoms with Gasteiger partial charge in [-0.15, -0.1) is 0 Å². The normalized spacial score (nSPS) is 17.5. The number of amides is 1. The Morgan fingerprint density at radius 2 is 1.71 bits per heavy atom. The summed E-state index contributed by atoms with van der Waals surface area (Å²) in [7, 11) is -3.50. The number of hydrogen-bond acceptors (Lipinski definition) is 5. The molecule has 2 heterocycles. The van der Waals surface area contributed by atoms with E-state index in [1.807, 2.05) is 6.92 Å². The Labute approximate surface area is 164 Å². The van der Waals surface area contributed by atoms with Gasteiger partial charge in [0.2, 0.25) is 16.8 Å². The molecule has 148 valence electrons. The summed E-state index contributed by atoms with van der Waals surface area (Å²) in [5.74, 6) is 0.996. The molecular weight excluding hydrogens is 380 g/mol. The number of carbonyl (C=O) groups excluding carboxylic acids is 1. The number of piperidine rings is 1. The van der Waals surface area contributed by atoms with Crippen LogP contribution in [0, 0.1) is 6.92 Å². The van der Waals surface area contributed by atoms with Crippen LogP contribution in [0.15, 0.2) is 47.4 Å². The first kappa shape index (κ1) is 18.8. The van der Waals surface area contributed by atoms with Crippen molar-refractivity contribution in [1.82, 2.24) is 9.62 Å². The van der Waals surface area contributed by atoms with Gasteiger partial charge in [-0.25, -0.2) is 8.42 Å². The van der Waals surface area contributed by atoms with Gasteiger partial charge in [-0.05, 0) is 50.1 Å². The van der Waals surface area contributed by atoms with Gasteiger partial charge in [0.25, 0.3) is 5.91 Å². The zero-order chi connectivity index (χ0) is 19.7. The van der Waals surface area contributed by atoms with E-state index in [-0.39, 0.29) is 18.7 Å². The maximum atomic E-state index is 12.8. The van der Waals surface area contributed by atoms with Crippen LogP contribution in [-0.2, 0) is 10.0 Å². The third-order valence-electron chi connectivity index (χ3n) is 5.08. The van der Waals surface area contributed by atoms with Crippen molar-refractivity contribution in [3.05, 3.63) is 53.6 Å². The van der Waals surface area contributed by atoms with Crippen molar-refractivity contribution >= 4 is 15.9 Å². The van der Waals surface area contributed by atoms with Crippen LogP contribution in [0.2, 0.25) is 0 Å². The summed E-state index contributed by atoms with van der Waals surface area (Å²) >= 11 is 0. The number of benzene rings is 2. The Hall–Kier alpha value is -2.58. The zero-order valence-electron chi connectivity index (χ0n) is 15.6. The van der Waals surface area contributed by atoms with E-state index >= 15 is 0 Å². The lowest BCUT2D eigenvalue weighted by Gasteiger charge is -2.31. The second-order valence-corrected chi connectivity index (χ2v) is 8.97. The van der Waals surface area contributed by atoms with Gasteiger partial charge in [-0.2, -0.15) is 4.31 Å². The summed E-state index contributed by atoms with van der Waals surface area (Å²) in [4.78, 5) is 12.8. The summed E-state index contributed by atoms with van der Waals surface area (Å²) in [6.45, 7) is 2.84. The number of ether oxygens (including phenoxy) is 2. The van der Waals surface area contributed by atoms with Crippen molar-refractivity contribution < 1.29 is 22.7 Å². The molecule has 1 fully saturated rings. The summed E-state index contributed by atoms with van der Waals surface area (Å²) in [5.41, 5.74) is 1.52. The quantitative estimate of drug-likeness (QED) is 0.848. The average molecular weight is 402 g/mol. The fraction of sp³-hybridized carbons (Fsp3) is 0.350. The van der Waals surface area contributed by atoms with Crippen molar-refractivity contribution in [3.8, 4) is 11.5 Å². The summed E-state index contributed by atoms with van der Waals surface area (Å²) in [6, 6.07) is 11.9. The number of nitrogens with zero attached hydrogens (tertiary/aromatic N) is 1. The fourth-order valence-electron chi connectivity index (χ4n) is 3.41. The van der Waals surface area contributed by atoms with Crippen molar-refractivity contribution in [2.24, 2.45) is 0 Å². The molecule has 0 aliphatic carbocycles. The van der Waals surface area contributed by atoms with Crippen LogP contribution in [0.5, 0.6) is 11.5 Å². The Kier molecular flexibility index (Phi) is 4.99. The number of hydrogen-bond donors (Lipinski definition) is 1. The standard InChI is InChI=1S/C20H22N2O5S/c1-14-2-5-17(6-3-14)28(24,25)22-10-8-16(9-11-22)21-20(23)15-4-7-18-19(12-15)27-13-26-18/h2-7,12,16H,8-11,13H2,1H3,(H,21,23). The highest BCUT2D eigenvalue weighted by Crippen LogP contribution is 2.32. The molecule has 0 spiro atoms. The van der Waals surface area contributed by atoms with E-state index in [1.165, 1.54) is 4.31 Å². The number of rotatable bonds is 4. The Bertz CT molecular complexity index is 980. The molecule has 0 saturated carbocycles. The van der Waals surface area contributed by atoms with Crippen LogP contribution in [0.3, 0.4) is 0 Å². The van der Waals surface area contributed by atoms with E-state index in [4.69, 9.17) is 9.47 Å². The molecule has 8 heteroatoms. The molecule has 4 rings (SSSR count). The minimum Gasteiger partial charge on any atom is -0.454 e. The molecule has 28 heavy (non-hydrogen) atoms. The Balaban J connectivity index is 1.36. The van der Waals surface area contributed by atoms with Gasteiger partial charge in [0, 0.05) is 24.7 Å². The summed E-state index contributed by atoms with van der Waals surface area (Å²) in [6.07, 6.45) is 1.14. The Morgan fingerprint density at radius 3 is 2.43 bits per heavy atom. The number of nitrogens with one attached hydrogen (secondary N) is 1. The van der Waals surface area contributed by atoms with Crippen LogP contribution in [0.1, 0.15) is 28.8 Å². The smallest absolute Gasteiger partial charge is 0.251 e. The van der Waals surface area contributed by atoms with Crippen molar-refractivity contribution in [2.45, 2.75) is 30.7 Å². The SMILES string of the molecule is Cc1ccc(S(=O)(=O)N2CCC(NC(=O)c3ccc4c(c3)OCO4)CC2)cc1. The van der Waals surface area contributed by atoms with Gasteiger partial charge in [0.1, 0.15) is 0 Å². The number of sulfonamides is 1. The highest BCUT2D eigenvalue weighted by molar-refractivity contribution is 7.89. The molecule has 0 unspecified atom stereocenters. The average Bonchev–Trinajstić information content (AvgIpc) is 3.16. The number of carbonyl (C=O) groups is 1. The van der Waals surface area contributed by atoms with E-state index in [0.29, 0.717) is 47.9 Å². The van der Waals surface area contributed by atoms with Crippen molar-refractivity contribution in [2.75, 3.05) is 19.9 Å². The maximum absolute atomic E-state index is 12.8. The highest BCUT2D eigenvalue weighted by Gasteiger charge is 2.30. The van der Waals surface area contributed by atoms with Crippen LogP contribution in [0.25, 0.3) is 0 Å². The predicted octanol–water partition coefficient (Wildman–Crippen LogP) is 2.31. The molecule has 1 N–H and O–H groups in total. The van der Waals surface area contributed by atoms with Crippen LogP contribution >= 0.6 is 0 Å². The van der Waals surface area contributed by atoms with Crippen LogP contribution in [0.4, 0.5) is 0 Å². The van der Waals surface area contributed by atoms with Gasteiger partial charge in [-0.3, -0.25) is 4.79 Å². The summed E-state index contributed by atoms with van der Waals surface area (Å²) in [5, 5.41) is 2.99. The lowest BCUT2D eigenvalue weighted by molar-refractivity contribution is 0.0923. The molecule has 2 aliphatic rings. The number of aryl methyl sites for hydroxylation is 1. The molecule has 2 aliphatic heterocycles. The van der Waals surface area contributed by atoms with Gasteiger partial charge < -0.3 is 14.8 Å². The van der Waals surface area contributed by atoms with E-state index in [0.717, 1.165) is 5.56 Å². The third kappa shape index (κ3) is 3.70. The monoisotopic (exact) mass is 402 g/mol. The van der Waals surface area contributed by atoms with E-state index < -0.39 is 10.0 Å². The minimum absolute atomic E-state index is 0.0672.